The summed E-state index contributed by atoms with van der Waals surface area (Å²) in [6, 6.07) is 3.83. The van der Waals surface area contributed by atoms with E-state index in [0.717, 1.165) is 0 Å². The highest BCUT2D eigenvalue weighted by Gasteiger charge is 1.93. The summed E-state index contributed by atoms with van der Waals surface area (Å²) in [6.07, 6.45) is 6.91. The van der Waals surface area contributed by atoms with Crippen molar-refractivity contribution in [3.8, 4) is 5.95 Å². The van der Waals surface area contributed by atoms with Gasteiger partial charge in [0.1, 0.15) is 0 Å². The zero-order chi connectivity index (χ0) is 7.52. The lowest BCUT2D eigenvalue weighted by molar-refractivity contribution is 0.858. The second-order valence-corrected chi connectivity index (χ2v) is 2.03. The number of hydrogen-bond acceptors (Lipinski definition) is 3. The minimum atomic E-state index is 0.595. The van der Waals surface area contributed by atoms with E-state index in [1.807, 2.05) is 24.5 Å². The standard InChI is InChI=1S/C7H6N4/c1-2-6-11(5-1)7-8-3-4-9-10-7/h1-6H. The lowest BCUT2D eigenvalue weighted by Crippen LogP contribution is -1.98. The summed E-state index contributed by atoms with van der Waals surface area (Å²) in [4.78, 5) is 4.01. The van der Waals surface area contributed by atoms with Crippen LogP contribution < -0.4 is 0 Å². The molecule has 0 saturated carbocycles. The summed E-state index contributed by atoms with van der Waals surface area (Å²) in [5.41, 5.74) is 0. The topological polar surface area (TPSA) is 43.6 Å². The first-order valence-corrected chi connectivity index (χ1v) is 3.24. The Hall–Kier alpha value is -1.71. The Morgan fingerprint density at radius 1 is 1.09 bits per heavy atom. The fourth-order valence-electron chi connectivity index (χ4n) is 0.827. The summed E-state index contributed by atoms with van der Waals surface area (Å²) in [5.74, 6) is 0.595. The van der Waals surface area contributed by atoms with Crippen LogP contribution in [0.1, 0.15) is 0 Å². The van der Waals surface area contributed by atoms with E-state index >= 15 is 0 Å². The van der Waals surface area contributed by atoms with Gasteiger partial charge in [0.2, 0.25) is 0 Å². The van der Waals surface area contributed by atoms with Crippen molar-refractivity contribution in [3.05, 3.63) is 36.9 Å². The maximum Gasteiger partial charge on any atom is 0.253 e. The normalized spacial score (nSPS) is 9.82. The Bertz CT molecular complexity index is 313. The van der Waals surface area contributed by atoms with E-state index in [4.69, 9.17) is 0 Å². The molecule has 0 N–H and O–H groups in total. The number of rotatable bonds is 1. The van der Waals surface area contributed by atoms with Gasteiger partial charge in [-0.2, -0.15) is 5.10 Å². The molecule has 0 bridgehead atoms. The fourth-order valence-corrected chi connectivity index (χ4v) is 0.827. The van der Waals surface area contributed by atoms with Crippen LogP contribution in [0, 0.1) is 0 Å². The average Bonchev–Trinajstić information content (AvgIpc) is 2.58. The molecule has 4 heteroatoms. The molecule has 0 atom stereocenters. The molecular weight excluding hydrogens is 140 g/mol. The first-order chi connectivity index (χ1) is 5.47. The molecule has 0 aliphatic heterocycles. The van der Waals surface area contributed by atoms with Crippen LogP contribution in [-0.2, 0) is 0 Å². The van der Waals surface area contributed by atoms with Crippen LogP contribution in [0.2, 0.25) is 0 Å². The van der Waals surface area contributed by atoms with Gasteiger partial charge < -0.3 is 0 Å². The summed E-state index contributed by atoms with van der Waals surface area (Å²) in [6.45, 7) is 0. The fraction of sp³-hybridized carbons (Fsp3) is 0. The first kappa shape index (κ1) is 6.03. The largest absolute Gasteiger partial charge is 0.291 e. The number of aromatic nitrogens is 4. The van der Waals surface area contributed by atoms with E-state index in [2.05, 4.69) is 15.2 Å². The molecule has 4 nitrogen and oxygen atoms in total. The Morgan fingerprint density at radius 3 is 2.55 bits per heavy atom. The lowest BCUT2D eigenvalue weighted by atomic mass is 10.7. The third-order valence-corrected chi connectivity index (χ3v) is 1.31. The van der Waals surface area contributed by atoms with E-state index in [1.165, 1.54) is 0 Å². The Balaban J connectivity index is 2.46. The minimum Gasteiger partial charge on any atom is -0.291 e. The van der Waals surface area contributed by atoms with Gasteiger partial charge in [0, 0.05) is 12.4 Å². The van der Waals surface area contributed by atoms with Gasteiger partial charge in [-0.05, 0) is 12.1 Å². The van der Waals surface area contributed by atoms with Crippen molar-refractivity contribution in [1.82, 2.24) is 19.7 Å². The lowest BCUT2D eigenvalue weighted by Gasteiger charge is -1.95. The van der Waals surface area contributed by atoms with Crippen LogP contribution in [-0.4, -0.2) is 19.7 Å². The van der Waals surface area contributed by atoms with Gasteiger partial charge in [0.25, 0.3) is 5.95 Å². The van der Waals surface area contributed by atoms with Gasteiger partial charge in [0.15, 0.2) is 0 Å². The smallest absolute Gasteiger partial charge is 0.253 e. The Kier molecular flexibility index (Phi) is 1.37. The molecule has 0 spiro atoms. The van der Waals surface area contributed by atoms with Gasteiger partial charge in [0.05, 0.1) is 12.4 Å². The van der Waals surface area contributed by atoms with E-state index < -0.39 is 0 Å². The van der Waals surface area contributed by atoms with Crippen LogP contribution in [0.25, 0.3) is 5.95 Å². The van der Waals surface area contributed by atoms with E-state index in [-0.39, 0.29) is 0 Å². The second-order valence-electron chi connectivity index (χ2n) is 2.03. The van der Waals surface area contributed by atoms with Gasteiger partial charge in [-0.15, -0.1) is 5.10 Å². The van der Waals surface area contributed by atoms with E-state index in [0.29, 0.717) is 5.95 Å². The van der Waals surface area contributed by atoms with Crippen LogP contribution in [0.15, 0.2) is 36.9 Å². The predicted octanol–water partition coefficient (Wildman–Crippen LogP) is 0.662. The van der Waals surface area contributed by atoms with Gasteiger partial charge in [-0.1, -0.05) is 0 Å². The highest BCUT2D eigenvalue weighted by molar-refractivity contribution is 5.10. The van der Waals surface area contributed by atoms with Crippen LogP contribution in [0.5, 0.6) is 0 Å². The molecule has 0 aromatic carbocycles. The molecule has 2 heterocycles. The molecule has 2 aromatic rings. The molecule has 0 fully saturated rings. The molecule has 2 aromatic heterocycles. The Morgan fingerprint density at radius 2 is 1.91 bits per heavy atom. The van der Waals surface area contributed by atoms with Gasteiger partial charge in [-0.3, -0.25) is 4.57 Å². The van der Waals surface area contributed by atoms with Crippen molar-refractivity contribution in [1.29, 1.82) is 0 Å². The Labute approximate surface area is 63.5 Å². The van der Waals surface area contributed by atoms with Crippen LogP contribution >= 0.6 is 0 Å². The molecule has 0 aliphatic carbocycles. The quantitative estimate of drug-likeness (QED) is 0.593. The molecule has 0 unspecified atom stereocenters. The maximum absolute atomic E-state index is 4.01. The SMILES string of the molecule is c1ccn(-c2nccnn2)c1. The number of nitrogens with zero attached hydrogens (tertiary/aromatic N) is 4. The van der Waals surface area contributed by atoms with E-state index in [9.17, 15) is 0 Å². The summed E-state index contributed by atoms with van der Waals surface area (Å²) >= 11 is 0. The van der Waals surface area contributed by atoms with Crippen molar-refractivity contribution in [2.45, 2.75) is 0 Å². The van der Waals surface area contributed by atoms with E-state index in [1.54, 1.807) is 17.0 Å². The maximum atomic E-state index is 4.01. The third-order valence-electron chi connectivity index (χ3n) is 1.31. The van der Waals surface area contributed by atoms with Crippen molar-refractivity contribution >= 4 is 0 Å². The average molecular weight is 146 g/mol. The molecule has 2 rings (SSSR count). The summed E-state index contributed by atoms with van der Waals surface area (Å²) in [5, 5.41) is 7.53. The van der Waals surface area contributed by atoms with Crippen molar-refractivity contribution in [3.63, 3.8) is 0 Å². The third kappa shape index (κ3) is 1.10. The van der Waals surface area contributed by atoms with Gasteiger partial charge >= 0.3 is 0 Å². The summed E-state index contributed by atoms with van der Waals surface area (Å²) in [7, 11) is 0. The molecule has 0 radical (unpaired) electrons. The zero-order valence-corrected chi connectivity index (χ0v) is 5.75. The van der Waals surface area contributed by atoms with Crippen molar-refractivity contribution < 1.29 is 0 Å². The molecule has 0 saturated heterocycles. The molecule has 0 aliphatic rings. The first-order valence-electron chi connectivity index (χ1n) is 3.24. The predicted molar refractivity (Wildman–Crippen MR) is 39.2 cm³/mol. The molecule has 0 amide bonds. The minimum absolute atomic E-state index is 0.595. The number of hydrogen-bond donors (Lipinski definition) is 0. The molecule has 11 heavy (non-hydrogen) atoms. The summed E-state index contributed by atoms with van der Waals surface area (Å²) < 4.78 is 1.80. The van der Waals surface area contributed by atoms with Crippen LogP contribution in [0.3, 0.4) is 0 Å². The highest BCUT2D eigenvalue weighted by atomic mass is 15.2. The molecular formula is C7H6N4. The monoisotopic (exact) mass is 146 g/mol. The molecule has 54 valence electrons. The van der Waals surface area contributed by atoms with Crippen molar-refractivity contribution in [2.24, 2.45) is 0 Å². The zero-order valence-electron chi connectivity index (χ0n) is 5.75. The van der Waals surface area contributed by atoms with Gasteiger partial charge in [-0.25, -0.2) is 4.98 Å². The second kappa shape index (κ2) is 2.49. The highest BCUT2D eigenvalue weighted by Crippen LogP contribution is 1.96. The van der Waals surface area contributed by atoms with Crippen LogP contribution in [0.4, 0.5) is 0 Å². The van der Waals surface area contributed by atoms with Crippen molar-refractivity contribution in [2.75, 3.05) is 0 Å².